The number of hydrogen-bond acceptors (Lipinski definition) is 6. The van der Waals surface area contributed by atoms with Crippen molar-refractivity contribution in [3.05, 3.63) is 59.2 Å². The fraction of sp³-hybridized carbons (Fsp3) is 0.316. The molecule has 0 unspecified atom stereocenters. The summed E-state index contributed by atoms with van der Waals surface area (Å²) in [6.07, 6.45) is -6.43. The lowest BCUT2D eigenvalue weighted by atomic mass is 10.0. The minimum absolute atomic E-state index is 0.168. The monoisotopic (exact) mass is 478 g/mol. The van der Waals surface area contributed by atoms with E-state index in [1.54, 1.807) is 6.07 Å². The molecule has 0 amide bonds. The molecule has 1 aliphatic heterocycles. The van der Waals surface area contributed by atoms with Crippen molar-refractivity contribution in [1.82, 2.24) is 4.31 Å². The van der Waals surface area contributed by atoms with Crippen LogP contribution in [0.3, 0.4) is 0 Å². The van der Waals surface area contributed by atoms with Gasteiger partial charge in [-0.2, -0.15) is 22.7 Å². The Labute approximate surface area is 178 Å². The van der Waals surface area contributed by atoms with E-state index in [1.165, 1.54) is 6.07 Å². The van der Waals surface area contributed by atoms with Crippen molar-refractivity contribution in [2.75, 3.05) is 19.7 Å². The van der Waals surface area contributed by atoms with Gasteiger partial charge in [-0.25, -0.2) is 17.2 Å². The summed E-state index contributed by atoms with van der Waals surface area (Å²) in [5, 5.41) is 29.0. The van der Waals surface area contributed by atoms with Crippen molar-refractivity contribution in [3.8, 4) is 11.8 Å². The van der Waals surface area contributed by atoms with Crippen LogP contribution in [0.15, 0.2) is 41.3 Å². The molecule has 3 rings (SSSR count). The average molecular weight is 478 g/mol. The normalized spacial score (nSPS) is 22.0. The van der Waals surface area contributed by atoms with Gasteiger partial charge in [0.25, 0.3) is 0 Å². The summed E-state index contributed by atoms with van der Waals surface area (Å²) >= 11 is 0. The number of alkyl halides is 3. The smallest absolute Gasteiger partial charge is 0.419 e. The zero-order chi connectivity index (χ0) is 23.9. The number of hydrogen-bond donors (Lipinski definition) is 2. The highest BCUT2D eigenvalue weighted by molar-refractivity contribution is 7.89. The molecule has 1 saturated heterocycles. The molecule has 0 saturated carbocycles. The number of nitriles is 1. The molecular weight excluding hydrogens is 463 g/mol. The van der Waals surface area contributed by atoms with Gasteiger partial charge in [-0.1, -0.05) is 0 Å². The summed E-state index contributed by atoms with van der Waals surface area (Å²) in [5.74, 6) is -2.89. The summed E-state index contributed by atoms with van der Waals surface area (Å²) in [7, 11) is -4.59. The van der Waals surface area contributed by atoms with Crippen molar-refractivity contribution in [2.45, 2.75) is 22.8 Å². The average Bonchev–Trinajstić information content (AvgIpc) is 3.05. The fourth-order valence-corrected chi connectivity index (χ4v) is 4.68. The molecule has 0 bridgehead atoms. The third-order valence-electron chi connectivity index (χ3n) is 4.92. The summed E-state index contributed by atoms with van der Waals surface area (Å²) in [6, 6.07) is 5.78. The third-order valence-corrected chi connectivity index (χ3v) is 6.72. The van der Waals surface area contributed by atoms with Crippen LogP contribution in [0, 0.1) is 23.0 Å². The first kappa shape index (κ1) is 23.9. The van der Waals surface area contributed by atoms with Crippen LogP contribution < -0.4 is 4.74 Å². The van der Waals surface area contributed by atoms with Crippen molar-refractivity contribution in [3.63, 3.8) is 0 Å². The quantitative estimate of drug-likeness (QED) is 0.637. The van der Waals surface area contributed by atoms with E-state index >= 15 is 0 Å². The number of sulfonamides is 1. The van der Waals surface area contributed by atoms with Crippen molar-refractivity contribution in [1.29, 1.82) is 5.26 Å². The van der Waals surface area contributed by atoms with Gasteiger partial charge in [0.05, 0.1) is 29.2 Å². The number of benzene rings is 2. The molecule has 2 aromatic rings. The molecule has 13 heteroatoms. The molecular formula is C19H15F5N2O5S. The SMILES string of the molecule is N#Cc1ccc(O[C@H]2CN(S(=O)(=O)c3ccc(C(F)(F)F)c(F)c3)C[C@@]2(O)CO)cc1F. The van der Waals surface area contributed by atoms with Gasteiger partial charge in [0.2, 0.25) is 10.0 Å². The minimum Gasteiger partial charge on any atom is -0.486 e. The van der Waals surface area contributed by atoms with Gasteiger partial charge >= 0.3 is 6.18 Å². The Kier molecular flexibility index (Phi) is 6.18. The zero-order valence-electron chi connectivity index (χ0n) is 16.0. The van der Waals surface area contributed by atoms with Crippen LogP contribution in [0.1, 0.15) is 11.1 Å². The molecule has 2 aromatic carbocycles. The second-order valence-corrected chi connectivity index (χ2v) is 9.00. The lowest BCUT2D eigenvalue weighted by molar-refractivity contribution is -0.140. The van der Waals surface area contributed by atoms with Crippen molar-refractivity contribution >= 4 is 10.0 Å². The number of rotatable bonds is 5. The van der Waals surface area contributed by atoms with Gasteiger partial charge in [-0.05, 0) is 30.3 Å². The fourth-order valence-electron chi connectivity index (χ4n) is 3.17. The first-order valence-electron chi connectivity index (χ1n) is 8.88. The van der Waals surface area contributed by atoms with Gasteiger partial charge in [-0.3, -0.25) is 0 Å². The highest BCUT2D eigenvalue weighted by Gasteiger charge is 2.51. The number of nitrogens with zero attached hydrogens (tertiary/aromatic N) is 2. The Morgan fingerprint density at radius 3 is 2.41 bits per heavy atom. The van der Waals surface area contributed by atoms with E-state index in [1.807, 2.05) is 0 Å². The van der Waals surface area contributed by atoms with Gasteiger partial charge in [0.15, 0.2) is 0 Å². The van der Waals surface area contributed by atoms with Crippen LogP contribution in [0.25, 0.3) is 0 Å². The molecule has 1 fully saturated rings. The number of β-amino-alcohol motifs (C(OH)–C–C–N with tert-alkyl or cyclic N) is 1. The van der Waals surface area contributed by atoms with E-state index in [9.17, 15) is 40.6 Å². The van der Waals surface area contributed by atoms with Gasteiger partial charge in [0, 0.05) is 12.6 Å². The van der Waals surface area contributed by atoms with Gasteiger partial charge in [0.1, 0.15) is 35.2 Å². The standard InChI is InChI=1S/C19H15F5N2O5S/c20-15-5-12(2-1-11(15)7-25)31-17-8-26(9-18(17,28)10-27)32(29,30)13-3-4-14(16(21)6-13)19(22,23)24/h1-6,17,27-28H,8-10H2/t17-,18+/m0/s1. The number of ether oxygens (including phenoxy) is 1. The van der Waals surface area contributed by atoms with E-state index < -0.39 is 69.7 Å². The molecule has 0 spiro atoms. The summed E-state index contributed by atoms with van der Waals surface area (Å²) in [5.41, 5.74) is -4.08. The topological polar surface area (TPSA) is 111 Å². The van der Waals surface area contributed by atoms with Crippen LogP contribution in [-0.2, 0) is 16.2 Å². The van der Waals surface area contributed by atoms with E-state index in [0.29, 0.717) is 10.4 Å². The van der Waals surface area contributed by atoms with E-state index in [0.717, 1.165) is 12.1 Å². The van der Waals surface area contributed by atoms with Crippen molar-refractivity contribution < 1.29 is 45.3 Å². The van der Waals surface area contributed by atoms with Crippen molar-refractivity contribution in [2.24, 2.45) is 0 Å². The molecule has 172 valence electrons. The lowest BCUT2D eigenvalue weighted by Gasteiger charge is -2.27. The number of halogens is 5. The molecule has 1 heterocycles. The second-order valence-electron chi connectivity index (χ2n) is 7.06. The van der Waals surface area contributed by atoms with E-state index in [2.05, 4.69) is 0 Å². The van der Waals surface area contributed by atoms with Crippen LogP contribution >= 0.6 is 0 Å². The first-order chi connectivity index (χ1) is 14.8. The Hall–Kier alpha value is -2.79. The van der Waals surface area contributed by atoms with Gasteiger partial charge < -0.3 is 14.9 Å². The molecule has 0 aliphatic carbocycles. The Balaban J connectivity index is 1.89. The number of aliphatic hydroxyl groups excluding tert-OH is 1. The summed E-state index contributed by atoms with van der Waals surface area (Å²) < 4.78 is 97.6. The zero-order valence-corrected chi connectivity index (χ0v) is 16.8. The second kappa shape index (κ2) is 8.28. The summed E-state index contributed by atoms with van der Waals surface area (Å²) in [6.45, 7) is -2.27. The number of aliphatic hydroxyl groups is 2. The maximum absolute atomic E-state index is 13.9. The maximum atomic E-state index is 13.9. The largest absolute Gasteiger partial charge is 0.486 e. The highest BCUT2D eigenvalue weighted by Crippen LogP contribution is 2.35. The Morgan fingerprint density at radius 2 is 1.88 bits per heavy atom. The third kappa shape index (κ3) is 4.40. The first-order valence-corrected chi connectivity index (χ1v) is 10.3. The Bertz CT molecular complexity index is 1180. The van der Waals surface area contributed by atoms with E-state index in [-0.39, 0.29) is 23.4 Å². The van der Waals surface area contributed by atoms with Crippen LogP contribution in [0.5, 0.6) is 5.75 Å². The molecule has 0 radical (unpaired) electrons. The predicted molar refractivity (Wildman–Crippen MR) is 97.7 cm³/mol. The molecule has 2 atom stereocenters. The lowest BCUT2D eigenvalue weighted by Crippen LogP contribution is -2.48. The van der Waals surface area contributed by atoms with Crippen LogP contribution in [-0.4, -0.2) is 54.3 Å². The predicted octanol–water partition coefficient (Wildman–Crippen LogP) is 2.03. The maximum Gasteiger partial charge on any atom is 0.419 e. The highest BCUT2D eigenvalue weighted by atomic mass is 32.2. The molecule has 7 nitrogen and oxygen atoms in total. The Morgan fingerprint density at radius 1 is 1.19 bits per heavy atom. The van der Waals surface area contributed by atoms with Crippen LogP contribution in [0.4, 0.5) is 22.0 Å². The van der Waals surface area contributed by atoms with Gasteiger partial charge in [-0.15, -0.1) is 0 Å². The molecule has 2 N–H and O–H groups in total. The molecule has 0 aromatic heterocycles. The van der Waals surface area contributed by atoms with Crippen LogP contribution in [0.2, 0.25) is 0 Å². The molecule has 32 heavy (non-hydrogen) atoms. The summed E-state index contributed by atoms with van der Waals surface area (Å²) in [4.78, 5) is -0.798. The molecule has 1 aliphatic rings. The van der Waals surface area contributed by atoms with E-state index in [4.69, 9.17) is 10.00 Å². The minimum atomic E-state index is -5.02.